The number of nitrogens with one attached hydrogen (secondary N) is 1. The quantitative estimate of drug-likeness (QED) is 0.404. The summed E-state index contributed by atoms with van der Waals surface area (Å²) in [5, 5.41) is 10.7. The van der Waals surface area contributed by atoms with E-state index in [0.717, 1.165) is 6.42 Å². The van der Waals surface area contributed by atoms with Crippen LogP contribution in [0.1, 0.15) is 12.8 Å². The Morgan fingerprint density at radius 3 is 2.67 bits per heavy atom. The second-order valence-corrected chi connectivity index (χ2v) is 2.31. The van der Waals surface area contributed by atoms with Gasteiger partial charge in [-0.25, -0.2) is 0 Å². The van der Waals surface area contributed by atoms with Crippen molar-refractivity contribution in [3.05, 3.63) is 5.21 Å². The number of carbonyl (C=O) groups excluding carboxylic acids is 1. The topological polar surface area (TPSA) is 70.6 Å². The first-order valence-electron chi connectivity index (χ1n) is 3.04. The van der Waals surface area contributed by atoms with Gasteiger partial charge in [0.1, 0.15) is 0 Å². The molecule has 1 saturated heterocycles. The minimum atomic E-state index is -0.468. The number of hydrogen-bond acceptors (Lipinski definition) is 2. The molecular weight excluding hydrogens is 120 g/mol. The summed E-state index contributed by atoms with van der Waals surface area (Å²) in [5.74, 6) is -0.461. The predicted octanol–water partition coefficient (Wildman–Crippen LogP) is -1.98. The van der Waals surface area contributed by atoms with Crippen LogP contribution in [0.4, 0.5) is 0 Å². The van der Waals surface area contributed by atoms with Crippen LogP contribution >= 0.6 is 0 Å². The molecule has 1 fully saturated rings. The monoisotopic (exact) mass is 130 g/mol. The summed E-state index contributed by atoms with van der Waals surface area (Å²) in [4.78, 5) is 10.4. The molecule has 52 valence electrons. The van der Waals surface area contributed by atoms with Gasteiger partial charge in [0.15, 0.2) is 6.04 Å². The van der Waals surface area contributed by atoms with Crippen molar-refractivity contribution >= 4 is 5.91 Å². The SMILES string of the molecule is NC(=O)C1CCC[NH+]1[O-]. The summed E-state index contributed by atoms with van der Waals surface area (Å²) in [6.07, 6.45) is 1.49. The van der Waals surface area contributed by atoms with Crippen molar-refractivity contribution in [3.8, 4) is 0 Å². The molecule has 0 aromatic heterocycles. The van der Waals surface area contributed by atoms with E-state index in [9.17, 15) is 10.0 Å². The Balaban J connectivity index is 2.49. The molecule has 1 heterocycles. The lowest BCUT2D eigenvalue weighted by molar-refractivity contribution is -0.850. The number of hydrogen-bond donors (Lipinski definition) is 2. The van der Waals surface area contributed by atoms with Crippen LogP contribution in [0, 0.1) is 5.21 Å². The molecule has 4 nitrogen and oxygen atoms in total. The molecule has 3 N–H and O–H groups in total. The van der Waals surface area contributed by atoms with Crippen molar-refractivity contribution in [2.75, 3.05) is 6.54 Å². The van der Waals surface area contributed by atoms with E-state index in [1.165, 1.54) is 0 Å². The molecule has 0 aliphatic carbocycles. The fourth-order valence-corrected chi connectivity index (χ4v) is 1.12. The lowest BCUT2D eigenvalue weighted by Gasteiger charge is -2.20. The number of amides is 1. The highest BCUT2D eigenvalue weighted by Crippen LogP contribution is 1.97. The van der Waals surface area contributed by atoms with Gasteiger partial charge in [0.25, 0.3) is 5.91 Å². The van der Waals surface area contributed by atoms with E-state index >= 15 is 0 Å². The maximum atomic E-state index is 10.7. The zero-order chi connectivity index (χ0) is 6.85. The van der Waals surface area contributed by atoms with E-state index in [0.29, 0.717) is 13.0 Å². The van der Waals surface area contributed by atoms with Crippen LogP contribution < -0.4 is 10.8 Å². The van der Waals surface area contributed by atoms with Gasteiger partial charge in [0.2, 0.25) is 0 Å². The summed E-state index contributed by atoms with van der Waals surface area (Å²) in [5.41, 5.74) is 4.93. The van der Waals surface area contributed by atoms with Crippen LogP contribution in [0.5, 0.6) is 0 Å². The first-order valence-corrected chi connectivity index (χ1v) is 3.04. The van der Waals surface area contributed by atoms with Gasteiger partial charge < -0.3 is 16.0 Å². The number of quaternary nitrogens is 1. The Morgan fingerprint density at radius 2 is 2.44 bits per heavy atom. The molecule has 1 aliphatic rings. The molecule has 9 heavy (non-hydrogen) atoms. The molecule has 1 amide bonds. The fourth-order valence-electron chi connectivity index (χ4n) is 1.12. The van der Waals surface area contributed by atoms with E-state index in [-0.39, 0.29) is 5.06 Å². The maximum Gasteiger partial charge on any atom is 0.276 e. The van der Waals surface area contributed by atoms with E-state index in [1.54, 1.807) is 0 Å². The van der Waals surface area contributed by atoms with Gasteiger partial charge in [0, 0.05) is 12.8 Å². The molecule has 0 bridgehead atoms. The van der Waals surface area contributed by atoms with Gasteiger partial charge in [-0.15, -0.1) is 0 Å². The van der Waals surface area contributed by atoms with Crippen LogP contribution in [-0.4, -0.2) is 18.5 Å². The predicted molar refractivity (Wildman–Crippen MR) is 31.4 cm³/mol. The fraction of sp³-hybridized carbons (Fsp3) is 0.800. The molecule has 4 heteroatoms. The summed E-state index contributed by atoms with van der Waals surface area (Å²) >= 11 is 0. The number of carbonyl (C=O) groups is 1. The van der Waals surface area contributed by atoms with Crippen LogP contribution in [0.15, 0.2) is 0 Å². The minimum Gasteiger partial charge on any atom is -0.634 e. The third-order valence-electron chi connectivity index (χ3n) is 1.65. The summed E-state index contributed by atoms with van der Waals surface area (Å²) < 4.78 is 0. The van der Waals surface area contributed by atoms with E-state index < -0.39 is 11.9 Å². The van der Waals surface area contributed by atoms with Gasteiger partial charge in [-0.1, -0.05) is 0 Å². The van der Waals surface area contributed by atoms with Crippen LogP contribution in [0.2, 0.25) is 0 Å². The van der Waals surface area contributed by atoms with E-state index in [1.807, 2.05) is 0 Å². The average molecular weight is 130 g/mol. The first kappa shape index (κ1) is 6.51. The lowest BCUT2D eigenvalue weighted by atomic mass is 10.2. The second-order valence-electron chi connectivity index (χ2n) is 2.31. The molecule has 2 atom stereocenters. The van der Waals surface area contributed by atoms with Crippen molar-refractivity contribution in [2.24, 2.45) is 5.73 Å². The molecule has 1 aliphatic heterocycles. The lowest BCUT2D eigenvalue weighted by Crippen LogP contribution is -3.10. The van der Waals surface area contributed by atoms with Crippen molar-refractivity contribution in [2.45, 2.75) is 18.9 Å². The van der Waals surface area contributed by atoms with Crippen molar-refractivity contribution < 1.29 is 9.86 Å². The molecule has 1 rings (SSSR count). The van der Waals surface area contributed by atoms with Gasteiger partial charge >= 0.3 is 0 Å². The highest BCUT2D eigenvalue weighted by molar-refractivity contribution is 5.78. The largest absolute Gasteiger partial charge is 0.634 e. The van der Waals surface area contributed by atoms with Gasteiger partial charge in [-0.05, 0) is 0 Å². The number of rotatable bonds is 1. The zero-order valence-electron chi connectivity index (χ0n) is 5.09. The Kier molecular flexibility index (Phi) is 1.68. The Bertz CT molecular complexity index is 126. The third kappa shape index (κ3) is 1.20. The Labute approximate surface area is 53.2 Å². The average Bonchev–Trinajstić information content (AvgIpc) is 2.13. The Morgan fingerprint density at radius 1 is 1.78 bits per heavy atom. The molecule has 0 radical (unpaired) electrons. The summed E-state index contributed by atoms with van der Waals surface area (Å²) in [6, 6.07) is -0.468. The second kappa shape index (κ2) is 2.33. The van der Waals surface area contributed by atoms with Crippen LogP contribution in [-0.2, 0) is 4.79 Å². The number of nitrogens with two attached hydrogens (primary N) is 1. The van der Waals surface area contributed by atoms with E-state index in [2.05, 4.69) is 0 Å². The van der Waals surface area contributed by atoms with Gasteiger partial charge in [0.05, 0.1) is 6.54 Å². The van der Waals surface area contributed by atoms with Crippen LogP contribution in [0.3, 0.4) is 0 Å². The highest BCUT2D eigenvalue weighted by Gasteiger charge is 2.27. The maximum absolute atomic E-state index is 10.7. The van der Waals surface area contributed by atoms with Gasteiger partial charge in [-0.2, -0.15) is 0 Å². The molecule has 2 unspecified atom stereocenters. The first-order chi connectivity index (χ1) is 4.22. The van der Waals surface area contributed by atoms with Crippen molar-refractivity contribution in [1.82, 2.24) is 0 Å². The summed E-state index contributed by atoms with van der Waals surface area (Å²) in [6.45, 7) is 0.535. The molecular formula is C5H10N2O2. The van der Waals surface area contributed by atoms with Crippen molar-refractivity contribution in [1.29, 1.82) is 0 Å². The highest BCUT2D eigenvalue weighted by atomic mass is 16.5. The Hall–Kier alpha value is -0.610. The normalized spacial score (nSPS) is 34.8. The van der Waals surface area contributed by atoms with Crippen LogP contribution in [0.25, 0.3) is 0 Å². The smallest absolute Gasteiger partial charge is 0.276 e. The molecule has 0 spiro atoms. The molecule has 0 aromatic rings. The minimum absolute atomic E-state index is 0.0162. The number of primary amides is 1. The third-order valence-corrected chi connectivity index (χ3v) is 1.65. The number of hydroxylamine groups is 2. The van der Waals surface area contributed by atoms with Crippen molar-refractivity contribution in [3.63, 3.8) is 0 Å². The van der Waals surface area contributed by atoms with Gasteiger partial charge in [-0.3, -0.25) is 4.79 Å². The molecule has 0 saturated carbocycles. The van der Waals surface area contributed by atoms with E-state index in [4.69, 9.17) is 5.73 Å². The zero-order valence-corrected chi connectivity index (χ0v) is 5.09. The molecule has 0 aromatic carbocycles. The summed E-state index contributed by atoms with van der Waals surface area (Å²) in [7, 11) is 0. The standard InChI is InChI=1S/C5H10N2O2/c6-5(8)4-2-1-3-7(4)9/h4,7H,1-3H2,(H2,6,8).